The second-order valence-corrected chi connectivity index (χ2v) is 7.60. The van der Waals surface area contributed by atoms with Crippen molar-refractivity contribution in [3.63, 3.8) is 0 Å². The van der Waals surface area contributed by atoms with Crippen molar-refractivity contribution in [2.75, 3.05) is 0 Å². The van der Waals surface area contributed by atoms with Crippen LogP contribution in [0, 0.1) is 0 Å². The highest BCUT2D eigenvalue weighted by Gasteiger charge is 2.22. The number of carbonyl (C=O) groups excluding carboxylic acids is 1. The zero-order valence-corrected chi connectivity index (χ0v) is 16.0. The van der Waals surface area contributed by atoms with Gasteiger partial charge in [-0.25, -0.2) is 9.78 Å². The van der Waals surface area contributed by atoms with Crippen molar-refractivity contribution < 1.29 is 14.7 Å². The molecule has 2 aromatic rings. The minimum Gasteiger partial charge on any atom is -0.480 e. The third kappa shape index (κ3) is 5.13. The summed E-state index contributed by atoms with van der Waals surface area (Å²) in [4.78, 5) is 28.0. The number of carboxylic acid groups (broad SMARTS) is 1. The van der Waals surface area contributed by atoms with Gasteiger partial charge >= 0.3 is 5.97 Å². The lowest BCUT2D eigenvalue weighted by Crippen LogP contribution is -2.42. The number of benzene rings is 1. The summed E-state index contributed by atoms with van der Waals surface area (Å²) in [6, 6.07) is 9.69. The molecule has 1 atom stereocenters. The maximum atomic E-state index is 12.4. The van der Waals surface area contributed by atoms with Crippen LogP contribution in [0.3, 0.4) is 0 Å². The van der Waals surface area contributed by atoms with Gasteiger partial charge in [-0.1, -0.05) is 39.0 Å². The van der Waals surface area contributed by atoms with E-state index in [-0.39, 0.29) is 11.8 Å². The third-order valence-corrected chi connectivity index (χ3v) is 4.59. The summed E-state index contributed by atoms with van der Waals surface area (Å²) < 4.78 is 0.574. The molecule has 0 fully saturated rings. The van der Waals surface area contributed by atoms with Crippen LogP contribution < -0.4 is 5.32 Å². The second kappa shape index (κ2) is 7.78. The van der Waals surface area contributed by atoms with Crippen molar-refractivity contribution in [1.29, 1.82) is 0 Å². The predicted octanol–water partition coefficient (Wildman–Crippen LogP) is 3.57. The molecule has 1 heterocycles. The van der Waals surface area contributed by atoms with Crippen LogP contribution in [-0.4, -0.2) is 28.0 Å². The summed E-state index contributed by atoms with van der Waals surface area (Å²) in [5, 5.41) is 12.0. The van der Waals surface area contributed by atoms with Gasteiger partial charge in [0.15, 0.2) is 0 Å². The normalized spacial score (nSPS) is 12.5. The first-order valence-corrected chi connectivity index (χ1v) is 8.71. The summed E-state index contributed by atoms with van der Waals surface area (Å²) >= 11 is 3.29. The first-order valence-electron chi connectivity index (χ1n) is 7.92. The molecule has 0 aliphatic carbocycles. The minimum absolute atomic E-state index is 0.00874. The average Bonchev–Trinajstić information content (AvgIpc) is 2.55. The fraction of sp³-hybridized carbons (Fsp3) is 0.316. The van der Waals surface area contributed by atoms with Gasteiger partial charge in [-0.2, -0.15) is 0 Å². The van der Waals surface area contributed by atoms with Gasteiger partial charge in [-0.05, 0) is 50.7 Å². The quantitative estimate of drug-likeness (QED) is 0.746. The molecule has 25 heavy (non-hydrogen) atoms. The summed E-state index contributed by atoms with van der Waals surface area (Å²) in [5.74, 6) is -1.50. The van der Waals surface area contributed by atoms with Gasteiger partial charge in [-0.15, -0.1) is 0 Å². The molecule has 5 nitrogen and oxygen atoms in total. The fourth-order valence-corrected chi connectivity index (χ4v) is 2.77. The van der Waals surface area contributed by atoms with Crippen LogP contribution in [0.15, 0.2) is 47.2 Å². The van der Waals surface area contributed by atoms with Gasteiger partial charge in [0.2, 0.25) is 0 Å². The number of hydrogen-bond acceptors (Lipinski definition) is 3. The van der Waals surface area contributed by atoms with Crippen molar-refractivity contribution in [1.82, 2.24) is 10.3 Å². The first-order chi connectivity index (χ1) is 11.7. The molecule has 2 rings (SSSR count). The molecule has 0 spiro atoms. The number of aromatic nitrogens is 1. The number of rotatable bonds is 5. The SMILES string of the molecule is CC(C)(C)c1ccc(C(=O)N[C@H](Cc2cccnc2Br)C(=O)O)cc1. The Morgan fingerprint density at radius 3 is 2.36 bits per heavy atom. The number of carbonyl (C=O) groups is 2. The number of aliphatic carboxylic acids is 1. The first kappa shape index (κ1) is 19.1. The Morgan fingerprint density at radius 1 is 1.20 bits per heavy atom. The Hall–Kier alpha value is -2.21. The van der Waals surface area contributed by atoms with Gasteiger partial charge < -0.3 is 10.4 Å². The van der Waals surface area contributed by atoms with Gasteiger partial charge in [0.25, 0.3) is 5.91 Å². The zero-order valence-electron chi connectivity index (χ0n) is 14.4. The van der Waals surface area contributed by atoms with Crippen LogP contribution in [0.2, 0.25) is 0 Å². The summed E-state index contributed by atoms with van der Waals surface area (Å²) in [6.45, 7) is 6.27. The predicted molar refractivity (Wildman–Crippen MR) is 99.7 cm³/mol. The third-order valence-electron chi connectivity index (χ3n) is 3.88. The molecule has 0 bridgehead atoms. The molecule has 1 aromatic heterocycles. The van der Waals surface area contributed by atoms with Crippen LogP contribution in [0.25, 0.3) is 0 Å². The highest BCUT2D eigenvalue weighted by Crippen LogP contribution is 2.22. The van der Waals surface area contributed by atoms with E-state index >= 15 is 0 Å². The van der Waals surface area contributed by atoms with E-state index in [2.05, 4.69) is 47.0 Å². The molecular weight excluding hydrogens is 384 g/mol. The van der Waals surface area contributed by atoms with Crippen LogP contribution in [-0.2, 0) is 16.6 Å². The Balaban J connectivity index is 2.13. The molecule has 0 unspecified atom stereocenters. The Bertz CT molecular complexity index is 767. The molecule has 0 saturated heterocycles. The largest absolute Gasteiger partial charge is 0.480 e. The van der Waals surface area contributed by atoms with E-state index in [1.54, 1.807) is 30.5 Å². The van der Waals surface area contributed by atoms with Crippen molar-refractivity contribution in [2.45, 2.75) is 38.6 Å². The number of nitrogens with zero attached hydrogens (tertiary/aromatic N) is 1. The smallest absolute Gasteiger partial charge is 0.326 e. The fourth-order valence-electron chi connectivity index (χ4n) is 2.35. The summed E-state index contributed by atoms with van der Waals surface area (Å²) in [6.07, 6.45) is 1.76. The van der Waals surface area contributed by atoms with E-state index in [0.29, 0.717) is 10.2 Å². The molecular formula is C19H21BrN2O3. The topological polar surface area (TPSA) is 79.3 Å². The average molecular weight is 405 g/mol. The van der Waals surface area contributed by atoms with Crippen LogP contribution in [0.1, 0.15) is 42.3 Å². The number of hydrogen-bond donors (Lipinski definition) is 2. The molecule has 1 amide bonds. The van der Waals surface area contributed by atoms with Crippen molar-refractivity contribution in [3.05, 3.63) is 63.9 Å². The maximum Gasteiger partial charge on any atom is 0.326 e. The van der Waals surface area contributed by atoms with Gasteiger partial charge in [0.05, 0.1) is 0 Å². The van der Waals surface area contributed by atoms with Gasteiger partial charge in [0.1, 0.15) is 10.6 Å². The minimum atomic E-state index is -1.09. The molecule has 0 radical (unpaired) electrons. The molecule has 0 aliphatic heterocycles. The molecule has 0 saturated carbocycles. The van der Waals surface area contributed by atoms with E-state index in [0.717, 1.165) is 11.1 Å². The Labute approximate surface area is 155 Å². The zero-order chi connectivity index (χ0) is 18.6. The number of pyridine rings is 1. The van der Waals surface area contributed by atoms with Gasteiger partial charge in [-0.3, -0.25) is 4.79 Å². The number of carboxylic acids is 1. The molecule has 1 aromatic carbocycles. The molecule has 132 valence electrons. The number of amides is 1. The summed E-state index contributed by atoms with van der Waals surface area (Å²) in [7, 11) is 0. The molecule has 6 heteroatoms. The van der Waals surface area contributed by atoms with Crippen molar-refractivity contribution in [2.24, 2.45) is 0 Å². The Morgan fingerprint density at radius 2 is 1.84 bits per heavy atom. The standard InChI is InChI=1S/C19H21BrN2O3/c1-19(2,3)14-8-6-12(7-9-14)17(23)22-15(18(24)25)11-13-5-4-10-21-16(13)20/h4-10,15H,11H2,1-3H3,(H,22,23)(H,24,25)/t15-/m1/s1. The highest BCUT2D eigenvalue weighted by atomic mass is 79.9. The van der Waals surface area contributed by atoms with E-state index < -0.39 is 17.9 Å². The Kier molecular flexibility index (Phi) is 5.95. The molecule has 0 aliphatic rings. The van der Waals surface area contributed by atoms with Gasteiger partial charge in [0, 0.05) is 18.2 Å². The molecule has 2 N–H and O–H groups in total. The lowest BCUT2D eigenvalue weighted by atomic mass is 9.86. The number of nitrogens with one attached hydrogen (secondary N) is 1. The van der Waals surface area contributed by atoms with E-state index in [9.17, 15) is 14.7 Å². The van der Waals surface area contributed by atoms with E-state index in [4.69, 9.17) is 0 Å². The lowest BCUT2D eigenvalue weighted by molar-refractivity contribution is -0.139. The van der Waals surface area contributed by atoms with E-state index in [1.165, 1.54) is 0 Å². The van der Waals surface area contributed by atoms with Crippen LogP contribution >= 0.6 is 15.9 Å². The lowest BCUT2D eigenvalue weighted by Gasteiger charge is -2.19. The monoisotopic (exact) mass is 404 g/mol. The van der Waals surface area contributed by atoms with Crippen LogP contribution in [0.5, 0.6) is 0 Å². The second-order valence-electron chi connectivity index (χ2n) is 6.85. The summed E-state index contributed by atoms with van der Waals surface area (Å²) in [5.41, 5.74) is 2.26. The number of halogens is 1. The maximum absolute atomic E-state index is 12.4. The van der Waals surface area contributed by atoms with Crippen molar-refractivity contribution >= 4 is 27.8 Å². The van der Waals surface area contributed by atoms with Crippen LogP contribution in [0.4, 0.5) is 0 Å². The highest BCUT2D eigenvalue weighted by molar-refractivity contribution is 9.10. The van der Waals surface area contributed by atoms with Crippen molar-refractivity contribution in [3.8, 4) is 0 Å². The van der Waals surface area contributed by atoms with E-state index in [1.807, 2.05) is 12.1 Å².